The van der Waals surface area contributed by atoms with E-state index < -0.39 is 0 Å². The molecule has 0 spiro atoms. The first-order chi connectivity index (χ1) is 11.4. The van der Waals surface area contributed by atoms with E-state index in [1.54, 1.807) is 0 Å². The number of rotatable bonds is 3. The summed E-state index contributed by atoms with van der Waals surface area (Å²) in [4.78, 5) is 12.4. The van der Waals surface area contributed by atoms with Gasteiger partial charge in [0.1, 0.15) is 0 Å². The van der Waals surface area contributed by atoms with Crippen molar-refractivity contribution >= 4 is 11.7 Å². The van der Waals surface area contributed by atoms with Gasteiger partial charge in [-0.1, -0.05) is 63.2 Å². The third-order valence-corrected chi connectivity index (χ3v) is 3.78. The number of hydrogen-bond acceptors (Lipinski definition) is 4. The number of amides is 1. The van der Waals surface area contributed by atoms with Crippen LogP contribution in [0.15, 0.2) is 59.2 Å². The van der Waals surface area contributed by atoms with E-state index >= 15 is 0 Å². The van der Waals surface area contributed by atoms with Gasteiger partial charge in [0.05, 0.1) is 0 Å². The first-order valence-corrected chi connectivity index (χ1v) is 7.75. The van der Waals surface area contributed by atoms with Gasteiger partial charge in [-0.3, -0.25) is 4.79 Å². The molecular formula is C19H19N3O2. The van der Waals surface area contributed by atoms with Gasteiger partial charge in [0.2, 0.25) is 5.82 Å². The summed E-state index contributed by atoms with van der Waals surface area (Å²) in [6.45, 7) is 6.40. The van der Waals surface area contributed by atoms with Gasteiger partial charge in [-0.15, -0.1) is 0 Å². The predicted octanol–water partition coefficient (Wildman–Crippen LogP) is 4.29. The Morgan fingerprint density at radius 2 is 1.62 bits per heavy atom. The number of benzene rings is 2. The molecule has 0 saturated carbocycles. The van der Waals surface area contributed by atoms with Crippen molar-refractivity contribution in [2.45, 2.75) is 26.2 Å². The maximum atomic E-state index is 12.4. The smallest absolute Gasteiger partial charge is 0.256 e. The van der Waals surface area contributed by atoms with Crippen molar-refractivity contribution in [1.29, 1.82) is 0 Å². The second kappa shape index (κ2) is 6.28. The van der Waals surface area contributed by atoms with Crippen molar-refractivity contribution in [2.75, 3.05) is 5.32 Å². The topological polar surface area (TPSA) is 68.0 Å². The third-order valence-electron chi connectivity index (χ3n) is 3.78. The average Bonchev–Trinajstić information content (AvgIpc) is 3.03. The Labute approximate surface area is 140 Å². The third kappa shape index (κ3) is 3.35. The summed E-state index contributed by atoms with van der Waals surface area (Å²) in [6.07, 6.45) is 0. The minimum atomic E-state index is -0.247. The van der Waals surface area contributed by atoms with E-state index in [1.807, 2.05) is 54.6 Å². The quantitative estimate of drug-likeness (QED) is 0.781. The largest absolute Gasteiger partial charge is 0.302 e. The Balaban J connectivity index is 1.80. The Hall–Kier alpha value is -2.95. The Kier molecular flexibility index (Phi) is 4.16. The van der Waals surface area contributed by atoms with E-state index in [1.165, 1.54) is 5.56 Å². The summed E-state index contributed by atoms with van der Waals surface area (Å²) >= 11 is 0. The van der Waals surface area contributed by atoms with Gasteiger partial charge in [-0.05, 0) is 33.4 Å². The Morgan fingerprint density at radius 1 is 0.958 bits per heavy atom. The molecule has 0 saturated heterocycles. The van der Waals surface area contributed by atoms with Gasteiger partial charge in [-0.25, -0.2) is 4.63 Å². The van der Waals surface area contributed by atoms with Crippen LogP contribution in [0.2, 0.25) is 0 Å². The molecule has 1 N–H and O–H groups in total. The highest BCUT2D eigenvalue weighted by Crippen LogP contribution is 2.25. The number of carbonyl (C=O) groups excluding carboxylic acids is 1. The summed E-state index contributed by atoms with van der Waals surface area (Å²) in [6, 6.07) is 17.0. The molecular weight excluding hydrogens is 302 g/mol. The molecule has 5 heteroatoms. The highest BCUT2D eigenvalue weighted by Gasteiger charge is 2.17. The molecule has 0 fully saturated rings. The summed E-state index contributed by atoms with van der Waals surface area (Å²) < 4.78 is 4.79. The van der Waals surface area contributed by atoms with Crippen molar-refractivity contribution in [3.05, 3.63) is 65.7 Å². The maximum Gasteiger partial charge on any atom is 0.256 e. The highest BCUT2D eigenvalue weighted by atomic mass is 16.6. The van der Waals surface area contributed by atoms with Crippen LogP contribution in [0.5, 0.6) is 0 Å². The molecule has 122 valence electrons. The lowest BCUT2D eigenvalue weighted by atomic mass is 9.87. The number of nitrogens with one attached hydrogen (secondary N) is 1. The molecule has 2 aromatic carbocycles. The zero-order valence-electron chi connectivity index (χ0n) is 13.9. The minimum absolute atomic E-state index is 0.0471. The lowest BCUT2D eigenvalue weighted by Crippen LogP contribution is -2.15. The number of aromatic nitrogens is 2. The molecule has 0 aliphatic carbocycles. The zero-order chi connectivity index (χ0) is 17.2. The van der Waals surface area contributed by atoms with E-state index in [2.05, 4.69) is 36.4 Å². The molecule has 0 unspecified atom stereocenters. The van der Waals surface area contributed by atoms with Crippen LogP contribution in [0, 0.1) is 0 Å². The number of anilines is 1. The van der Waals surface area contributed by atoms with Crippen LogP contribution < -0.4 is 5.32 Å². The number of carbonyl (C=O) groups is 1. The van der Waals surface area contributed by atoms with Crippen LogP contribution in [0.1, 0.15) is 36.7 Å². The molecule has 1 heterocycles. The summed E-state index contributed by atoms with van der Waals surface area (Å²) in [5.74, 6) is 0.0643. The molecule has 1 aromatic heterocycles. The molecule has 0 aliphatic rings. The molecule has 0 radical (unpaired) electrons. The number of hydrogen-bond donors (Lipinski definition) is 1. The summed E-state index contributed by atoms with van der Waals surface area (Å²) in [7, 11) is 0. The Bertz CT molecular complexity index is 831. The molecule has 5 nitrogen and oxygen atoms in total. The molecule has 0 atom stereocenters. The predicted molar refractivity (Wildman–Crippen MR) is 92.8 cm³/mol. The van der Waals surface area contributed by atoms with Gasteiger partial charge < -0.3 is 5.32 Å². The fourth-order valence-corrected chi connectivity index (χ4v) is 2.36. The summed E-state index contributed by atoms with van der Waals surface area (Å²) in [5, 5.41) is 10.4. The van der Waals surface area contributed by atoms with E-state index in [4.69, 9.17) is 4.63 Å². The van der Waals surface area contributed by atoms with Gasteiger partial charge in [-0.2, -0.15) is 0 Å². The average molecular weight is 321 g/mol. The van der Waals surface area contributed by atoms with Gasteiger partial charge in [0, 0.05) is 11.1 Å². The molecule has 3 rings (SSSR count). The standard InChI is InChI=1S/C19H19N3O2/c1-19(2,3)15-11-9-14(10-12-15)18(23)20-17-16(21-24-22-17)13-7-5-4-6-8-13/h4-12H,1-3H3,(H,20,22,23). The molecule has 0 bridgehead atoms. The SMILES string of the molecule is CC(C)(C)c1ccc(C(=O)Nc2nonc2-c2ccccc2)cc1. The van der Waals surface area contributed by atoms with Crippen LogP contribution >= 0.6 is 0 Å². The van der Waals surface area contributed by atoms with Crippen LogP contribution in [0.4, 0.5) is 5.82 Å². The molecule has 0 aliphatic heterocycles. The van der Waals surface area contributed by atoms with E-state index in [0.717, 1.165) is 5.56 Å². The molecule has 24 heavy (non-hydrogen) atoms. The molecule has 1 amide bonds. The van der Waals surface area contributed by atoms with E-state index in [9.17, 15) is 4.79 Å². The first kappa shape index (κ1) is 15.9. The monoisotopic (exact) mass is 321 g/mol. The van der Waals surface area contributed by atoms with Crippen LogP contribution in [-0.4, -0.2) is 16.2 Å². The number of nitrogens with zero attached hydrogens (tertiary/aromatic N) is 2. The fourth-order valence-electron chi connectivity index (χ4n) is 2.36. The summed E-state index contributed by atoms with van der Waals surface area (Å²) in [5.41, 5.74) is 3.12. The second-order valence-corrected chi connectivity index (χ2v) is 6.61. The molecule has 3 aromatic rings. The van der Waals surface area contributed by atoms with Crippen LogP contribution in [0.25, 0.3) is 11.3 Å². The van der Waals surface area contributed by atoms with Crippen molar-refractivity contribution in [2.24, 2.45) is 0 Å². The highest BCUT2D eigenvalue weighted by molar-refractivity contribution is 6.05. The fraction of sp³-hybridized carbons (Fsp3) is 0.211. The van der Waals surface area contributed by atoms with Crippen LogP contribution in [-0.2, 0) is 5.41 Å². The van der Waals surface area contributed by atoms with Crippen LogP contribution in [0.3, 0.4) is 0 Å². The van der Waals surface area contributed by atoms with Crippen molar-refractivity contribution in [3.8, 4) is 11.3 Å². The van der Waals surface area contributed by atoms with Gasteiger partial charge >= 0.3 is 0 Å². The lowest BCUT2D eigenvalue weighted by molar-refractivity contribution is 0.102. The first-order valence-electron chi connectivity index (χ1n) is 7.75. The van der Waals surface area contributed by atoms with Gasteiger partial charge in [0.25, 0.3) is 5.91 Å². The normalized spacial score (nSPS) is 11.3. The Morgan fingerprint density at radius 3 is 2.25 bits per heavy atom. The van der Waals surface area contributed by atoms with E-state index in [0.29, 0.717) is 17.1 Å². The van der Waals surface area contributed by atoms with Crippen molar-refractivity contribution < 1.29 is 9.42 Å². The van der Waals surface area contributed by atoms with E-state index in [-0.39, 0.29) is 11.3 Å². The van der Waals surface area contributed by atoms with Gasteiger partial charge in [0.15, 0.2) is 5.69 Å². The van der Waals surface area contributed by atoms with Crippen molar-refractivity contribution in [3.63, 3.8) is 0 Å². The lowest BCUT2D eigenvalue weighted by Gasteiger charge is -2.18. The zero-order valence-corrected chi connectivity index (χ0v) is 13.9. The maximum absolute atomic E-state index is 12.4. The minimum Gasteiger partial charge on any atom is -0.302 e. The second-order valence-electron chi connectivity index (χ2n) is 6.61. The van der Waals surface area contributed by atoms with Crippen molar-refractivity contribution in [1.82, 2.24) is 10.3 Å².